The molecule has 3 aromatic rings. The van der Waals surface area contributed by atoms with E-state index >= 15 is 0 Å². The molecule has 142 valence electrons. The zero-order chi connectivity index (χ0) is 19.2. The van der Waals surface area contributed by atoms with Crippen molar-refractivity contribution in [1.29, 1.82) is 0 Å². The van der Waals surface area contributed by atoms with Gasteiger partial charge in [-0.25, -0.2) is 5.43 Å². The van der Waals surface area contributed by atoms with Crippen LogP contribution >= 0.6 is 0 Å². The third kappa shape index (κ3) is 4.49. The molecule has 1 N–H and O–H groups in total. The van der Waals surface area contributed by atoms with E-state index in [1.165, 1.54) is 10.4 Å². The first kappa shape index (κ1) is 18.0. The Morgan fingerprint density at radius 1 is 1.04 bits per heavy atom. The van der Waals surface area contributed by atoms with Crippen LogP contribution in [-0.2, 0) is 11.3 Å². The Kier molecular flexibility index (Phi) is 5.51. The minimum Gasteiger partial charge on any atom is -0.271 e. The molecule has 0 atom stereocenters. The molecule has 0 saturated heterocycles. The first-order valence-corrected chi connectivity index (χ1v) is 9.50. The summed E-state index contributed by atoms with van der Waals surface area (Å²) in [5, 5.41) is 16.5. The molecule has 7 nitrogen and oxygen atoms in total. The second-order valence-corrected chi connectivity index (χ2v) is 6.91. The van der Waals surface area contributed by atoms with Crippen LogP contribution < -0.4 is 5.43 Å². The van der Waals surface area contributed by atoms with Gasteiger partial charge in [-0.1, -0.05) is 60.7 Å². The lowest BCUT2D eigenvalue weighted by molar-refractivity contribution is -0.122. The number of nitrogens with zero attached hydrogens (tertiary/aromatic N) is 5. The van der Waals surface area contributed by atoms with Crippen molar-refractivity contribution < 1.29 is 4.79 Å². The Labute approximate surface area is 163 Å². The van der Waals surface area contributed by atoms with Gasteiger partial charge in [-0.3, -0.25) is 4.79 Å². The van der Waals surface area contributed by atoms with Crippen molar-refractivity contribution in [2.75, 3.05) is 0 Å². The van der Waals surface area contributed by atoms with Gasteiger partial charge in [-0.2, -0.15) is 9.90 Å². The van der Waals surface area contributed by atoms with E-state index in [0.717, 1.165) is 37.0 Å². The second kappa shape index (κ2) is 8.56. The molecule has 2 aromatic carbocycles. The van der Waals surface area contributed by atoms with Crippen LogP contribution in [0.3, 0.4) is 0 Å². The van der Waals surface area contributed by atoms with Crippen LogP contribution in [0.15, 0.2) is 65.8 Å². The molecule has 1 amide bonds. The minimum atomic E-state index is -0.255. The van der Waals surface area contributed by atoms with Gasteiger partial charge in [0, 0.05) is 11.3 Å². The van der Waals surface area contributed by atoms with Gasteiger partial charge in [0.25, 0.3) is 5.91 Å². The van der Waals surface area contributed by atoms with Gasteiger partial charge < -0.3 is 0 Å². The topological polar surface area (TPSA) is 85.1 Å². The van der Waals surface area contributed by atoms with Gasteiger partial charge in [0.05, 0.1) is 0 Å². The summed E-state index contributed by atoms with van der Waals surface area (Å²) in [7, 11) is 0. The van der Waals surface area contributed by atoms with E-state index in [0.29, 0.717) is 11.7 Å². The number of tetrazole rings is 1. The lowest BCUT2D eigenvalue weighted by atomic mass is 9.83. The zero-order valence-corrected chi connectivity index (χ0v) is 15.5. The van der Waals surface area contributed by atoms with Crippen molar-refractivity contribution in [3.63, 3.8) is 0 Å². The standard InChI is InChI=1S/C21H22N6O/c28-20(15-27-25-21(24-26-27)18-9-5-2-6-10-18)23-22-19-13-11-17(12-14-19)16-7-3-1-4-8-16/h1-10,17H,11-15H2,(H,23,28). The number of carbonyl (C=O) groups excluding carboxylic acids is 1. The molecule has 0 radical (unpaired) electrons. The first-order chi connectivity index (χ1) is 13.8. The Hall–Kier alpha value is -3.35. The average molecular weight is 374 g/mol. The van der Waals surface area contributed by atoms with E-state index in [9.17, 15) is 4.79 Å². The van der Waals surface area contributed by atoms with Crippen LogP contribution in [0, 0.1) is 0 Å². The summed E-state index contributed by atoms with van der Waals surface area (Å²) in [4.78, 5) is 13.4. The van der Waals surface area contributed by atoms with Gasteiger partial charge >= 0.3 is 0 Å². The highest BCUT2D eigenvalue weighted by atomic mass is 16.2. The summed E-state index contributed by atoms with van der Waals surface area (Å²) in [5.74, 6) is 0.820. The maximum atomic E-state index is 12.1. The molecule has 0 unspecified atom stereocenters. The molecule has 0 bridgehead atoms. The molecule has 1 aliphatic carbocycles. The number of nitrogens with one attached hydrogen (secondary N) is 1. The number of hydrogen-bond donors (Lipinski definition) is 1. The molecule has 4 rings (SSSR count). The van der Waals surface area contributed by atoms with Crippen LogP contribution in [0.4, 0.5) is 0 Å². The average Bonchev–Trinajstić information content (AvgIpc) is 3.22. The minimum absolute atomic E-state index is 0.0107. The zero-order valence-electron chi connectivity index (χ0n) is 15.5. The van der Waals surface area contributed by atoms with Gasteiger partial charge in [0.1, 0.15) is 6.54 Å². The molecule has 1 heterocycles. The maximum absolute atomic E-state index is 12.1. The number of hydrazone groups is 1. The van der Waals surface area contributed by atoms with Crippen LogP contribution in [0.1, 0.15) is 37.2 Å². The molecular weight excluding hydrogens is 352 g/mol. The van der Waals surface area contributed by atoms with E-state index in [1.54, 1.807) is 0 Å². The SMILES string of the molecule is O=C(Cn1nnc(-c2ccccc2)n1)NN=C1CCC(c2ccccc2)CC1. The predicted molar refractivity (Wildman–Crippen MR) is 106 cm³/mol. The number of aromatic nitrogens is 4. The van der Waals surface area contributed by atoms with E-state index in [2.05, 4.69) is 50.2 Å². The summed E-state index contributed by atoms with van der Waals surface area (Å²) in [6.45, 7) is -0.0107. The number of benzene rings is 2. The third-order valence-corrected chi connectivity index (χ3v) is 4.94. The Morgan fingerprint density at radius 2 is 1.71 bits per heavy atom. The maximum Gasteiger partial charge on any atom is 0.263 e. The van der Waals surface area contributed by atoms with E-state index in [1.807, 2.05) is 36.4 Å². The quantitative estimate of drug-likeness (QED) is 0.695. The van der Waals surface area contributed by atoms with E-state index in [-0.39, 0.29) is 12.5 Å². The molecule has 0 aliphatic heterocycles. The van der Waals surface area contributed by atoms with Gasteiger partial charge in [-0.15, -0.1) is 10.2 Å². The molecule has 0 spiro atoms. The normalized spacial score (nSPS) is 16.6. The largest absolute Gasteiger partial charge is 0.271 e. The monoisotopic (exact) mass is 374 g/mol. The first-order valence-electron chi connectivity index (χ1n) is 9.50. The van der Waals surface area contributed by atoms with E-state index < -0.39 is 0 Å². The van der Waals surface area contributed by atoms with Crippen LogP contribution in [0.25, 0.3) is 11.4 Å². The summed E-state index contributed by atoms with van der Waals surface area (Å²) in [6, 6.07) is 20.1. The number of amides is 1. The summed E-state index contributed by atoms with van der Waals surface area (Å²) in [6.07, 6.45) is 3.92. The van der Waals surface area contributed by atoms with Crippen molar-refractivity contribution >= 4 is 11.6 Å². The lowest BCUT2D eigenvalue weighted by Gasteiger charge is -2.23. The molecule has 1 fully saturated rings. The smallest absolute Gasteiger partial charge is 0.263 e. The van der Waals surface area contributed by atoms with Gasteiger partial charge in [0.15, 0.2) is 0 Å². The second-order valence-electron chi connectivity index (χ2n) is 6.91. The lowest BCUT2D eigenvalue weighted by Crippen LogP contribution is -2.26. The Morgan fingerprint density at radius 3 is 2.43 bits per heavy atom. The number of rotatable bonds is 5. The highest BCUT2D eigenvalue weighted by molar-refractivity contribution is 5.87. The summed E-state index contributed by atoms with van der Waals surface area (Å²) in [5.41, 5.74) is 5.92. The van der Waals surface area contributed by atoms with Gasteiger partial charge in [-0.05, 0) is 42.4 Å². The Balaban J connectivity index is 1.27. The fraction of sp³-hybridized carbons (Fsp3) is 0.286. The summed E-state index contributed by atoms with van der Waals surface area (Å²) >= 11 is 0. The van der Waals surface area contributed by atoms with Gasteiger partial charge in [0.2, 0.25) is 5.82 Å². The molecule has 28 heavy (non-hydrogen) atoms. The van der Waals surface area contributed by atoms with Crippen LogP contribution in [0.2, 0.25) is 0 Å². The fourth-order valence-corrected chi connectivity index (χ4v) is 3.44. The van der Waals surface area contributed by atoms with Crippen LogP contribution in [0.5, 0.6) is 0 Å². The van der Waals surface area contributed by atoms with E-state index in [4.69, 9.17) is 0 Å². The molecule has 7 heteroatoms. The highest BCUT2D eigenvalue weighted by Gasteiger charge is 2.19. The number of hydrogen-bond acceptors (Lipinski definition) is 5. The number of carbonyl (C=O) groups is 1. The van der Waals surface area contributed by atoms with Crippen molar-refractivity contribution in [2.45, 2.75) is 38.1 Å². The van der Waals surface area contributed by atoms with Crippen molar-refractivity contribution in [1.82, 2.24) is 25.6 Å². The van der Waals surface area contributed by atoms with Crippen molar-refractivity contribution in [3.8, 4) is 11.4 Å². The van der Waals surface area contributed by atoms with Crippen molar-refractivity contribution in [3.05, 3.63) is 66.2 Å². The van der Waals surface area contributed by atoms with Crippen molar-refractivity contribution in [2.24, 2.45) is 5.10 Å². The van der Waals surface area contributed by atoms with Crippen LogP contribution in [-0.4, -0.2) is 31.8 Å². The predicted octanol–water partition coefficient (Wildman–Crippen LogP) is 3.17. The Bertz CT molecular complexity index is 941. The molecule has 1 saturated carbocycles. The molecule has 1 aliphatic rings. The molecular formula is C21H22N6O. The fourth-order valence-electron chi connectivity index (χ4n) is 3.44. The summed E-state index contributed by atoms with van der Waals surface area (Å²) < 4.78 is 0. The molecule has 1 aromatic heterocycles. The third-order valence-electron chi connectivity index (χ3n) is 4.94. The highest BCUT2D eigenvalue weighted by Crippen LogP contribution is 2.31.